The molecule has 9 heteroatoms. The lowest BCUT2D eigenvalue weighted by atomic mass is 10.1. The first-order chi connectivity index (χ1) is 17.1. The molecule has 0 spiro atoms. The van der Waals surface area contributed by atoms with Crippen molar-refractivity contribution in [1.82, 2.24) is 10.2 Å². The van der Waals surface area contributed by atoms with E-state index in [4.69, 9.17) is 0 Å². The highest BCUT2D eigenvalue weighted by atomic mass is 32.2. The van der Waals surface area contributed by atoms with Gasteiger partial charge in [0.05, 0.1) is 10.6 Å². The summed E-state index contributed by atoms with van der Waals surface area (Å²) in [6, 6.07) is 20.7. The Kier molecular flexibility index (Phi) is 8.82. The van der Waals surface area contributed by atoms with Crippen LogP contribution in [-0.4, -0.2) is 43.8 Å². The second kappa shape index (κ2) is 11.8. The molecule has 3 rings (SSSR count). The Balaban J connectivity index is 2.00. The number of sulfonamides is 1. The molecule has 190 valence electrons. The second-order valence-electron chi connectivity index (χ2n) is 8.65. The molecule has 7 nitrogen and oxygen atoms in total. The first kappa shape index (κ1) is 26.9. The largest absolute Gasteiger partial charge is 0.352 e. The SMILES string of the molecule is CC(C)NC(=O)[C@@H](C)N(Cc1ccccc1)C(=O)CN(c1ccc(F)cc1)S(=O)(=O)c1ccccc1. The highest BCUT2D eigenvalue weighted by Crippen LogP contribution is 2.24. The van der Waals surface area contributed by atoms with Crippen molar-refractivity contribution < 1.29 is 22.4 Å². The standard InChI is InChI=1S/C27H30FN3O4S/c1-20(2)29-27(33)21(3)30(18-22-10-6-4-7-11-22)26(32)19-31(24-16-14-23(28)15-17-24)36(34,35)25-12-8-5-9-13-25/h4-17,20-21H,18-19H2,1-3H3,(H,29,33)/t21-/m1/s1. The number of nitrogens with zero attached hydrogens (tertiary/aromatic N) is 2. The van der Waals surface area contributed by atoms with Gasteiger partial charge in [0.15, 0.2) is 0 Å². The minimum Gasteiger partial charge on any atom is -0.352 e. The highest BCUT2D eigenvalue weighted by Gasteiger charge is 2.32. The van der Waals surface area contributed by atoms with Gasteiger partial charge in [0.25, 0.3) is 10.0 Å². The van der Waals surface area contributed by atoms with Gasteiger partial charge in [-0.2, -0.15) is 0 Å². The van der Waals surface area contributed by atoms with Crippen LogP contribution in [0.3, 0.4) is 0 Å². The van der Waals surface area contributed by atoms with Crippen molar-refractivity contribution in [2.24, 2.45) is 0 Å². The zero-order chi connectivity index (χ0) is 26.3. The fourth-order valence-electron chi connectivity index (χ4n) is 3.62. The van der Waals surface area contributed by atoms with Crippen molar-refractivity contribution in [2.75, 3.05) is 10.8 Å². The number of carbonyl (C=O) groups is 2. The van der Waals surface area contributed by atoms with Gasteiger partial charge in [-0.25, -0.2) is 12.8 Å². The summed E-state index contributed by atoms with van der Waals surface area (Å²) in [4.78, 5) is 27.8. The molecule has 1 atom stereocenters. The van der Waals surface area contributed by atoms with Crippen LogP contribution >= 0.6 is 0 Å². The Bertz CT molecular complexity index is 1270. The number of rotatable bonds is 10. The predicted molar refractivity (Wildman–Crippen MR) is 137 cm³/mol. The summed E-state index contributed by atoms with van der Waals surface area (Å²) < 4.78 is 41.7. The molecule has 0 unspecified atom stereocenters. The molecule has 0 aromatic heterocycles. The van der Waals surface area contributed by atoms with Crippen LogP contribution in [0.1, 0.15) is 26.3 Å². The molecule has 2 amide bonds. The van der Waals surface area contributed by atoms with Gasteiger partial charge in [-0.3, -0.25) is 13.9 Å². The second-order valence-corrected chi connectivity index (χ2v) is 10.5. The number of benzene rings is 3. The lowest BCUT2D eigenvalue weighted by Gasteiger charge is -2.32. The third-order valence-electron chi connectivity index (χ3n) is 5.52. The van der Waals surface area contributed by atoms with E-state index in [1.54, 1.807) is 25.1 Å². The number of halogens is 1. The van der Waals surface area contributed by atoms with Crippen LogP contribution in [0.2, 0.25) is 0 Å². The molecule has 1 N–H and O–H groups in total. The molecule has 0 aliphatic rings. The van der Waals surface area contributed by atoms with Crippen LogP contribution in [0.15, 0.2) is 89.8 Å². The van der Waals surface area contributed by atoms with Gasteiger partial charge in [0.2, 0.25) is 11.8 Å². The average Bonchev–Trinajstić information content (AvgIpc) is 2.86. The van der Waals surface area contributed by atoms with Crippen molar-refractivity contribution in [2.45, 2.75) is 44.3 Å². The van der Waals surface area contributed by atoms with Crippen LogP contribution in [-0.2, 0) is 26.2 Å². The summed E-state index contributed by atoms with van der Waals surface area (Å²) >= 11 is 0. The summed E-state index contributed by atoms with van der Waals surface area (Å²) in [5, 5.41) is 2.80. The normalized spacial score (nSPS) is 12.1. The summed E-state index contributed by atoms with van der Waals surface area (Å²) in [5.74, 6) is -1.46. The predicted octanol–water partition coefficient (Wildman–Crippen LogP) is 3.96. The van der Waals surface area contributed by atoms with E-state index in [0.717, 1.165) is 22.0 Å². The molecule has 0 aliphatic heterocycles. The van der Waals surface area contributed by atoms with E-state index in [1.165, 1.54) is 29.2 Å². The molecular weight excluding hydrogens is 481 g/mol. The maximum Gasteiger partial charge on any atom is 0.264 e. The topological polar surface area (TPSA) is 86.8 Å². The van der Waals surface area contributed by atoms with Crippen molar-refractivity contribution in [3.8, 4) is 0 Å². The maximum absolute atomic E-state index is 13.7. The van der Waals surface area contributed by atoms with Gasteiger partial charge in [0, 0.05) is 12.6 Å². The molecule has 0 fully saturated rings. The molecule has 0 radical (unpaired) electrons. The molecule has 0 saturated heterocycles. The summed E-state index contributed by atoms with van der Waals surface area (Å²) in [5.41, 5.74) is 0.918. The quantitative estimate of drug-likeness (QED) is 0.446. The van der Waals surface area contributed by atoms with Gasteiger partial charge in [-0.15, -0.1) is 0 Å². The van der Waals surface area contributed by atoms with Crippen molar-refractivity contribution in [1.29, 1.82) is 0 Å². The van der Waals surface area contributed by atoms with Gasteiger partial charge >= 0.3 is 0 Å². The van der Waals surface area contributed by atoms with Crippen LogP contribution in [0.25, 0.3) is 0 Å². The van der Waals surface area contributed by atoms with E-state index >= 15 is 0 Å². The monoisotopic (exact) mass is 511 g/mol. The third kappa shape index (κ3) is 6.69. The minimum absolute atomic E-state index is 0.0117. The van der Waals surface area contributed by atoms with Crippen molar-refractivity contribution in [3.05, 3.63) is 96.3 Å². The first-order valence-corrected chi connectivity index (χ1v) is 13.0. The van der Waals surface area contributed by atoms with E-state index in [2.05, 4.69) is 5.32 Å². The molecular formula is C27H30FN3O4S. The van der Waals surface area contributed by atoms with E-state index in [-0.39, 0.29) is 29.1 Å². The van der Waals surface area contributed by atoms with Gasteiger partial charge < -0.3 is 10.2 Å². The minimum atomic E-state index is -4.17. The average molecular weight is 512 g/mol. The lowest BCUT2D eigenvalue weighted by Crippen LogP contribution is -2.52. The zero-order valence-corrected chi connectivity index (χ0v) is 21.3. The molecule has 3 aromatic rings. The van der Waals surface area contributed by atoms with E-state index in [9.17, 15) is 22.4 Å². The maximum atomic E-state index is 13.7. The van der Waals surface area contributed by atoms with Crippen LogP contribution < -0.4 is 9.62 Å². The van der Waals surface area contributed by atoms with Gasteiger partial charge in [0.1, 0.15) is 18.4 Å². The smallest absolute Gasteiger partial charge is 0.264 e. The number of carbonyl (C=O) groups excluding carboxylic acids is 2. The summed E-state index contributed by atoms with van der Waals surface area (Å²) in [6.07, 6.45) is 0. The first-order valence-electron chi connectivity index (χ1n) is 11.6. The third-order valence-corrected chi connectivity index (χ3v) is 7.31. The van der Waals surface area contributed by atoms with Gasteiger partial charge in [-0.1, -0.05) is 48.5 Å². The fourth-order valence-corrected chi connectivity index (χ4v) is 5.06. The number of hydrogen-bond donors (Lipinski definition) is 1. The van der Waals surface area contributed by atoms with E-state index in [0.29, 0.717) is 0 Å². The summed E-state index contributed by atoms with van der Waals surface area (Å²) in [6.45, 7) is 4.77. The Morgan fingerprint density at radius 2 is 1.42 bits per heavy atom. The number of anilines is 1. The molecule has 0 heterocycles. The lowest BCUT2D eigenvalue weighted by molar-refractivity contribution is -0.139. The molecule has 0 saturated carbocycles. The van der Waals surface area contributed by atoms with Crippen LogP contribution in [0.5, 0.6) is 0 Å². The Labute approximate surface area is 211 Å². The molecule has 0 bridgehead atoms. The molecule has 3 aromatic carbocycles. The zero-order valence-electron chi connectivity index (χ0n) is 20.5. The van der Waals surface area contributed by atoms with Crippen molar-refractivity contribution >= 4 is 27.5 Å². The number of amides is 2. The van der Waals surface area contributed by atoms with Crippen LogP contribution in [0.4, 0.5) is 10.1 Å². The van der Waals surface area contributed by atoms with Crippen molar-refractivity contribution in [3.63, 3.8) is 0 Å². The Morgan fingerprint density at radius 1 is 0.861 bits per heavy atom. The molecule has 36 heavy (non-hydrogen) atoms. The number of nitrogens with one attached hydrogen (secondary N) is 1. The van der Waals surface area contributed by atoms with E-state index < -0.39 is 34.3 Å². The van der Waals surface area contributed by atoms with E-state index in [1.807, 2.05) is 44.2 Å². The fraction of sp³-hybridized carbons (Fsp3) is 0.259. The van der Waals surface area contributed by atoms with Crippen LogP contribution in [0, 0.1) is 5.82 Å². The number of hydrogen-bond acceptors (Lipinski definition) is 4. The Hall–Kier alpha value is -3.72. The van der Waals surface area contributed by atoms with Gasteiger partial charge in [-0.05, 0) is 62.7 Å². The molecule has 0 aliphatic carbocycles. The Morgan fingerprint density at radius 3 is 1.97 bits per heavy atom. The highest BCUT2D eigenvalue weighted by molar-refractivity contribution is 7.92. The summed E-state index contributed by atoms with van der Waals surface area (Å²) in [7, 11) is -4.17.